The van der Waals surface area contributed by atoms with E-state index in [0.29, 0.717) is 0 Å². The minimum atomic E-state index is 0.988. The van der Waals surface area contributed by atoms with Crippen LogP contribution in [0.2, 0.25) is 0 Å². The molecule has 2 heteroatoms. The molecule has 6 aromatic carbocycles. The van der Waals surface area contributed by atoms with Gasteiger partial charge in [-0.2, -0.15) is 0 Å². The van der Waals surface area contributed by atoms with Crippen molar-refractivity contribution in [2.45, 2.75) is 9.79 Å². The Bertz CT molecular complexity index is 1800. The van der Waals surface area contributed by atoms with Crippen LogP contribution in [0.4, 0.5) is 0 Å². The van der Waals surface area contributed by atoms with Crippen LogP contribution in [0, 0.1) is 0 Å². The zero-order valence-corrected chi connectivity index (χ0v) is 21.0. The van der Waals surface area contributed by atoms with Gasteiger partial charge in [0.05, 0.1) is 11.4 Å². The molecular weight excluding hydrogens is 466 g/mol. The molecule has 0 saturated carbocycles. The van der Waals surface area contributed by atoms with Gasteiger partial charge in [0, 0.05) is 20.9 Å². The van der Waals surface area contributed by atoms with Crippen molar-refractivity contribution in [3.63, 3.8) is 0 Å². The second-order valence-corrected chi connectivity index (χ2v) is 10.4. The number of fused-ring (bicyclic) bond motifs is 6. The Labute approximate surface area is 220 Å². The second-order valence-electron chi connectivity index (χ2n) is 9.21. The van der Waals surface area contributed by atoms with Crippen LogP contribution in [-0.2, 0) is 0 Å². The topological polar surface area (TPSA) is 12.9 Å². The van der Waals surface area contributed by atoms with Gasteiger partial charge in [0.2, 0.25) is 0 Å². The Kier molecular flexibility index (Phi) is 5.45. The molecule has 1 aromatic heterocycles. The van der Waals surface area contributed by atoms with Crippen LogP contribution in [0.1, 0.15) is 0 Å². The van der Waals surface area contributed by atoms with Crippen LogP contribution in [0.5, 0.6) is 0 Å². The van der Waals surface area contributed by atoms with Crippen molar-refractivity contribution in [1.82, 2.24) is 4.98 Å². The van der Waals surface area contributed by atoms with Gasteiger partial charge in [-0.1, -0.05) is 127 Å². The summed E-state index contributed by atoms with van der Waals surface area (Å²) in [6.07, 6.45) is 0. The molecule has 37 heavy (non-hydrogen) atoms. The van der Waals surface area contributed by atoms with Crippen LogP contribution in [-0.4, -0.2) is 4.98 Å². The van der Waals surface area contributed by atoms with Gasteiger partial charge in [0.25, 0.3) is 0 Å². The Morgan fingerprint density at radius 3 is 1.30 bits per heavy atom. The summed E-state index contributed by atoms with van der Waals surface area (Å²) in [5, 5.41) is 7.79. The molecule has 0 amide bonds. The lowest BCUT2D eigenvalue weighted by atomic mass is 9.94. The number of hydrogen-bond acceptors (Lipinski definition) is 2. The van der Waals surface area contributed by atoms with E-state index in [0.717, 1.165) is 22.5 Å². The van der Waals surface area contributed by atoms with Gasteiger partial charge in [-0.25, -0.2) is 4.98 Å². The van der Waals surface area contributed by atoms with E-state index < -0.39 is 0 Å². The lowest BCUT2D eigenvalue weighted by Crippen LogP contribution is -1.90. The molecule has 0 N–H and O–H groups in total. The predicted octanol–water partition coefficient (Wildman–Crippen LogP) is 10.0. The highest BCUT2D eigenvalue weighted by atomic mass is 32.2. The van der Waals surface area contributed by atoms with Crippen LogP contribution in [0.25, 0.3) is 54.8 Å². The van der Waals surface area contributed by atoms with E-state index in [1.807, 2.05) is 12.1 Å². The number of aromatic nitrogens is 1. The normalized spacial score (nSPS) is 11.4. The highest BCUT2D eigenvalue weighted by Crippen LogP contribution is 2.39. The number of nitrogens with zero attached hydrogens (tertiary/aromatic N) is 1. The summed E-state index contributed by atoms with van der Waals surface area (Å²) < 4.78 is 0. The molecule has 0 bridgehead atoms. The Hall–Kier alpha value is -4.40. The average molecular weight is 490 g/mol. The fraction of sp³-hybridized carbons (Fsp3) is 0. The van der Waals surface area contributed by atoms with Crippen molar-refractivity contribution in [2.24, 2.45) is 0 Å². The molecule has 0 fully saturated rings. The van der Waals surface area contributed by atoms with Crippen molar-refractivity contribution in [2.75, 3.05) is 0 Å². The quantitative estimate of drug-likeness (QED) is 0.228. The van der Waals surface area contributed by atoms with Gasteiger partial charge in [-0.15, -0.1) is 0 Å². The number of benzene rings is 6. The summed E-state index contributed by atoms with van der Waals surface area (Å²) in [5.41, 5.74) is 4.22. The first-order chi connectivity index (χ1) is 18.3. The summed E-state index contributed by atoms with van der Waals surface area (Å²) in [6, 6.07) is 49.6. The van der Waals surface area contributed by atoms with E-state index in [4.69, 9.17) is 4.98 Å². The van der Waals surface area contributed by atoms with Crippen LogP contribution >= 0.6 is 11.8 Å². The molecule has 0 spiro atoms. The summed E-state index contributed by atoms with van der Waals surface area (Å²) in [4.78, 5) is 7.42. The molecular formula is C35H23NS. The summed E-state index contributed by atoms with van der Waals surface area (Å²) in [7, 11) is 0. The fourth-order valence-electron chi connectivity index (χ4n) is 5.16. The van der Waals surface area contributed by atoms with E-state index in [9.17, 15) is 0 Å². The zero-order valence-electron chi connectivity index (χ0n) is 20.1. The first-order valence-corrected chi connectivity index (χ1v) is 13.3. The van der Waals surface area contributed by atoms with Crippen molar-refractivity contribution in [3.05, 3.63) is 140 Å². The van der Waals surface area contributed by atoms with E-state index in [1.54, 1.807) is 11.8 Å². The van der Waals surface area contributed by atoms with E-state index in [1.165, 1.54) is 42.1 Å². The first kappa shape index (κ1) is 21.8. The third-order valence-corrected chi connectivity index (χ3v) is 7.85. The number of pyridine rings is 1. The summed E-state index contributed by atoms with van der Waals surface area (Å²) in [5.74, 6) is 0. The van der Waals surface area contributed by atoms with Gasteiger partial charge in [-0.3, -0.25) is 0 Å². The number of hydrogen-bond donors (Lipinski definition) is 0. The minimum absolute atomic E-state index is 0.988. The highest BCUT2D eigenvalue weighted by molar-refractivity contribution is 7.99. The predicted molar refractivity (Wildman–Crippen MR) is 158 cm³/mol. The molecule has 1 heterocycles. The minimum Gasteiger partial charge on any atom is -0.248 e. The Morgan fingerprint density at radius 1 is 0.351 bits per heavy atom. The summed E-state index contributed by atoms with van der Waals surface area (Å²) in [6.45, 7) is 0. The molecule has 7 rings (SSSR count). The molecule has 0 saturated heterocycles. The van der Waals surface area contributed by atoms with Crippen LogP contribution in [0.3, 0.4) is 0 Å². The van der Waals surface area contributed by atoms with E-state index >= 15 is 0 Å². The van der Waals surface area contributed by atoms with Gasteiger partial charge < -0.3 is 0 Å². The maximum atomic E-state index is 5.03. The third kappa shape index (κ3) is 4.06. The van der Waals surface area contributed by atoms with Crippen molar-refractivity contribution < 1.29 is 0 Å². The molecule has 0 aliphatic heterocycles. The molecule has 0 unspecified atom stereocenters. The van der Waals surface area contributed by atoms with Crippen LogP contribution < -0.4 is 0 Å². The lowest BCUT2D eigenvalue weighted by molar-refractivity contribution is 1.26. The third-order valence-electron chi connectivity index (χ3n) is 6.89. The van der Waals surface area contributed by atoms with Crippen molar-refractivity contribution >= 4 is 44.1 Å². The number of rotatable bonds is 4. The monoisotopic (exact) mass is 489 g/mol. The molecule has 0 aliphatic rings. The van der Waals surface area contributed by atoms with E-state index in [-0.39, 0.29) is 0 Å². The van der Waals surface area contributed by atoms with Gasteiger partial charge in [-0.05, 0) is 56.6 Å². The van der Waals surface area contributed by atoms with Gasteiger partial charge in [0.1, 0.15) is 0 Å². The van der Waals surface area contributed by atoms with Gasteiger partial charge >= 0.3 is 0 Å². The maximum Gasteiger partial charge on any atom is 0.0720 e. The Balaban J connectivity index is 1.38. The zero-order chi connectivity index (χ0) is 24.6. The molecule has 0 radical (unpaired) electrons. The van der Waals surface area contributed by atoms with Crippen LogP contribution in [0.15, 0.2) is 149 Å². The Morgan fingerprint density at radius 2 is 0.784 bits per heavy atom. The second kappa shape index (κ2) is 9.24. The SMILES string of the molecule is c1ccc(-c2cc(Sc3ccc4c5ccccc5c5ccccc5c4c3)cc(-c3ccccc3)n2)cc1. The molecule has 1 nitrogen and oxygen atoms in total. The largest absolute Gasteiger partial charge is 0.248 e. The first-order valence-electron chi connectivity index (χ1n) is 12.5. The highest BCUT2D eigenvalue weighted by Gasteiger charge is 2.11. The van der Waals surface area contributed by atoms with Crippen molar-refractivity contribution in [3.8, 4) is 22.5 Å². The van der Waals surface area contributed by atoms with Gasteiger partial charge in [0.15, 0.2) is 0 Å². The molecule has 174 valence electrons. The standard InChI is InChI=1S/C35H23NS/c1-3-11-24(12-4-1)34-22-27(23-35(36-34)25-13-5-2-6-14-25)37-26-19-20-32-30-17-8-7-15-28(30)29-16-9-10-18-31(29)33(32)21-26/h1-23H. The average Bonchev–Trinajstić information content (AvgIpc) is 2.98. The summed E-state index contributed by atoms with van der Waals surface area (Å²) >= 11 is 1.79. The van der Waals surface area contributed by atoms with E-state index in [2.05, 4.69) is 127 Å². The lowest BCUT2D eigenvalue weighted by Gasteiger charge is -2.13. The fourth-order valence-corrected chi connectivity index (χ4v) is 6.09. The molecule has 0 atom stereocenters. The molecule has 7 aromatic rings. The molecule has 0 aliphatic carbocycles. The van der Waals surface area contributed by atoms with Crippen molar-refractivity contribution in [1.29, 1.82) is 0 Å². The maximum absolute atomic E-state index is 5.03. The smallest absolute Gasteiger partial charge is 0.0720 e.